The third kappa shape index (κ3) is 3.09. The molecule has 0 aromatic heterocycles. The first-order chi connectivity index (χ1) is 7.74. The fraction of sp³-hybridized carbons (Fsp3) is 0.500. The number of ether oxygens (including phenoxy) is 1. The first kappa shape index (κ1) is 11.2. The smallest absolute Gasteiger partial charge is 0.331 e. The van der Waals surface area contributed by atoms with Gasteiger partial charge in [0, 0.05) is 6.08 Å². The summed E-state index contributed by atoms with van der Waals surface area (Å²) < 4.78 is 5.17. The van der Waals surface area contributed by atoms with Crippen molar-refractivity contribution in [2.24, 2.45) is 0 Å². The van der Waals surface area contributed by atoms with Crippen LogP contribution < -0.4 is 0 Å². The van der Waals surface area contributed by atoms with Crippen molar-refractivity contribution in [3.63, 3.8) is 0 Å². The molecule has 0 spiro atoms. The predicted octanol–water partition coefficient (Wildman–Crippen LogP) is 3.31. The Morgan fingerprint density at radius 1 is 1.12 bits per heavy atom. The van der Waals surface area contributed by atoms with Crippen LogP contribution in [0.15, 0.2) is 34.9 Å². The highest BCUT2D eigenvalue weighted by molar-refractivity contribution is 5.83. The molecule has 0 saturated carbocycles. The fourth-order valence-electron chi connectivity index (χ4n) is 2.18. The summed E-state index contributed by atoms with van der Waals surface area (Å²) in [4.78, 5) is 11.5. The molecule has 86 valence electrons. The summed E-state index contributed by atoms with van der Waals surface area (Å²) in [5, 5.41) is 0. The third-order valence-corrected chi connectivity index (χ3v) is 3.07. The second kappa shape index (κ2) is 5.15. The molecule has 0 aromatic rings. The van der Waals surface area contributed by atoms with Crippen molar-refractivity contribution in [2.45, 2.75) is 39.0 Å². The number of allylic oxidation sites excluding steroid dienone is 4. The molecule has 1 heterocycles. The van der Waals surface area contributed by atoms with Gasteiger partial charge in [0.25, 0.3) is 0 Å². The molecule has 0 saturated heterocycles. The van der Waals surface area contributed by atoms with Crippen LogP contribution in [0.1, 0.15) is 39.0 Å². The molecule has 1 aliphatic heterocycles. The van der Waals surface area contributed by atoms with Crippen LogP contribution in [-0.2, 0) is 9.53 Å². The molecule has 2 nitrogen and oxygen atoms in total. The van der Waals surface area contributed by atoms with Crippen molar-refractivity contribution in [1.29, 1.82) is 0 Å². The number of carbonyl (C=O) groups excluding carboxylic acids is 1. The molecular weight excluding hydrogens is 200 g/mol. The molecule has 2 heteroatoms. The minimum Gasteiger partial charge on any atom is -0.458 e. The average Bonchev–Trinajstić information content (AvgIpc) is 2.28. The quantitative estimate of drug-likeness (QED) is 0.460. The zero-order valence-corrected chi connectivity index (χ0v) is 9.79. The maximum atomic E-state index is 11.5. The van der Waals surface area contributed by atoms with Crippen molar-refractivity contribution in [3.05, 3.63) is 34.9 Å². The van der Waals surface area contributed by atoms with Gasteiger partial charge in [-0.1, -0.05) is 23.3 Å². The van der Waals surface area contributed by atoms with E-state index in [0.29, 0.717) is 6.61 Å². The average molecular weight is 218 g/mol. The van der Waals surface area contributed by atoms with E-state index in [9.17, 15) is 4.79 Å². The van der Waals surface area contributed by atoms with E-state index >= 15 is 0 Å². The molecule has 0 fully saturated rings. The van der Waals surface area contributed by atoms with Crippen LogP contribution in [0.4, 0.5) is 0 Å². The number of hydrogen-bond acceptors (Lipinski definition) is 2. The van der Waals surface area contributed by atoms with Gasteiger partial charge in [0.15, 0.2) is 0 Å². The molecule has 1 aliphatic carbocycles. The Kier molecular flexibility index (Phi) is 3.60. The number of esters is 1. The first-order valence-electron chi connectivity index (χ1n) is 5.94. The fourth-order valence-corrected chi connectivity index (χ4v) is 2.18. The van der Waals surface area contributed by atoms with Gasteiger partial charge in [-0.2, -0.15) is 0 Å². The summed E-state index contributed by atoms with van der Waals surface area (Å²) in [6.45, 7) is 2.44. The van der Waals surface area contributed by atoms with E-state index in [2.05, 4.69) is 12.2 Å². The lowest BCUT2D eigenvalue weighted by Gasteiger charge is -2.15. The van der Waals surface area contributed by atoms with Gasteiger partial charge in [-0.05, 0) is 44.6 Å². The highest BCUT2D eigenvalue weighted by atomic mass is 16.5. The topological polar surface area (TPSA) is 26.3 Å². The van der Waals surface area contributed by atoms with E-state index < -0.39 is 0 Å². The summed E-state index contributed by atoms with van der Waals surface area (Å²) in [5.41, 5.74) is 3.84. The normalized spacial score (nSPS) is 28.8. The number of hydrogen-bond donors (Lipinski definition) is 0. The van der Waals surface area contributed by atoms with Crippen LogP contribution in [0, 0.1) is 0 Å². The van der Waals surface area contributed by atoms with Crippen molar-refractivity contribution in [1.82, 2.24) is 0 Å². The zero-order chi connectivity index (χ0) is 11.4. The van der Waals surface area contributed by atoms with Crippen LogP contribution in [-0.4, -0.2) is 12.6 Å². The van der Waals surface area contributed by atoms with Crippen LogP contribution in [0.3, 0.4) is 0 Å². The second-order valence-corrected chi connectivity index (χ2v) is 4.58. The molecule has 0 unspecified atom stereocenters. The molecule has 0 amide bonds. The molecule has 2 rings (SSSR count). The Bertz CT molecular complexity index is 372. The summed E-state index contributed by atoms with van der Waals surface area (Å²) in [5.74, 6) is -0.189. The molecule has 16 heavy (non-hydrogen) atoms. The van der Waals surface area contributed by atoms with Crippen molar-refractivity contribution >= 4 is 5.97 Å². The molecule has 2 bridgehead atoms. The van der Waals surface area contributed by atoms with Gasteiger partial charge in [0.05, 0.1) is 0 Å². The van der Waals surface area contributed by atoms with Gasteiger partial charge in [0.2, 0.25) is 0 Å². The zero-order valence-electron chi connectivity index (χ0n) is 9.79. The van der Waals surface area contributed by atoms with Gasteiger partial charge >= 0.3 is 5.97 Å². The van der Waals surface area contributed by atoms with Gasteiger partial charge < -0.3 is 4.74 Å². The summed E-state index contributed by atoms with van der Waals surface area (Å²) in [6, 6.07) is 0. The van der Waals surface area contributed by atoms with Crippen LogP contribution >= 0.6 is 0 Å². The lowest BCUT2D eigenvalue weighted by atomic mass is 9.91. The van der Waals surface area contributed by atoms with Gasteiger partial charge in [-0.15, -0.1) is 0 Å². The summed E-state index contributed by atoms with van der Waals surface area (Å²) in [7, 11) is 0. The lowest BCUT2D eigenvalue weighted by Crippen LogP contribution is -2.05. The number of fused-ring (bicyclic) bond motifs is 2. The standard InChI is InChI=1S/C14H18O2/c1-11-4-2-5-12-6-3-7-13(8-12)9-14(15)16-10-11/h4,6,9H,2-3,5,7-8,10H2,1H3/b11-4+,13-9-. The van der Waals surface area contributed by atoms with Crippen LogP contribution in [0.5, 0.6) is 0 Å². The van der Waals surface area contributed by atoms with Crippen molar-refractivity contribution in [2.75, 3.05) is 6.61 Å². The van der Waals surface area contributed by atoms with Gasteiger partial charge in [0.1, 0.15) is 6.61 Å². The second-order valence-electron chi connectivity index (χ2n) is 4.58. The van der Waals surface area contributed by atoms with E-state index in [-0.39, 0.29) is 5.97 Å². The van der Waals surface area contributed by atoms with E-state index in [0.717, 1.165) is 37.7 Å². The Labute approximate surface area is 96.7 Å². The Morgan fingerprint density at radius 2 is 1.88 bits per heavy atom. The maximum absolute atomic E-state index is 11.5. The van der Waals surface area contributed by atoms with Crippen molar-refractivity contribution < 1.29 is 9.53 Å². The Balaban J connectivity index is 2.17. The molecule has 0 radical (unpaired) electrons. The molecule has 0 N–H and O–H groups in total. The SMILES string of the molecule is C/C1=C\CCC2=CCC/C(=C/C(=O)OC1)C2. The van der Waals surface area contributed by atoms with E-state index in [4.69, 9.17) is 4.74 Å². The molecular formula is C14H18O2. The number of carbonyl (C=O) groups is 1. The van der Waals surface area contributed by atoms with Crippen LogP contribution in [0.25, 0.3) is 0 Å². The van der Waals surface area contributed by atoms with Gasteiger partial charge in [-0.25, -0.2) is 4.79 Å². The highest BCUT2D eigenvalue weighted by Crippen LogP contribution is 2.27. The van der Waals surface area contributed by atoms with E-state index in [1.807, 2.05) is 6.92 Å². The highest BCUT2D eigenvalue weighted by Gasteiger charge is 2.11. The number of rotatable bonds is 0. The largest absolute Gasteiger partial charge is 0.458 e. The summed E-state index contributed by atoms with van der Waals surface area (Å²) in [6.07, 6.45) is 11.4. The van der Waals surface area contributed by atoms with Crippen molar-refractivity contribution in [3.8, 4) is 0 Å². The first-order valence-corrected chi connectivity index (χ1v) is 5.94. The molecule has 2 aliphatic rings. The lowest BCUT2D eigenvalue weighted by molar-refractivity contribution is -0.136. The number of cyclic esters (lactones) is 1. The Hall–Kier alpha value is -1.31. The van der Waals surface area contributed by atoms with Crippen LogP contribution in [0.2, 0.25) is 0 Å². The van der Waals surface area contributed by atoms with E-state index in [1.54, 1.807) is 6.08 Å². The Morgan fingerprint density at radius 3 is 2.75 bits per heavy atom. The minimum atomic E-state index is -0.189. The van der Waals surface area contributed by atoms with Gasteiger partial charge in [-0.3, -0.25) is 0 Å². The molecule has 0 atom stereocenters. The predicted molar refractivity (Wildman–Crippen MR) is 64.0 cm³/mol. The maximum Gasteiger partial charge on any atom is 0.331 e. The summed E-state index contributed by atoms with van der Waals surface area (Å²) >= 11 is 0. The minimum absolute atomic E-state index is 0.189. The third-order valence-electron chi connectivity index (χ3n) is 3.07. The van der Waals surface area contributed by atoms with E-state index in [1.165, 1.54) is 11.1 Å². The monoisotopic (exact) mass is 218 g/mol. The molecule has 0 aromatic carbocycles.